The van der Waals surface area contributed by atoms with Gasteiger partial charge in [0.05, 0.1) is 12.8 Å². The van der Waals surface area contributed by atoms with E-state index < -0.39 is 42.8 Å². The van der Waals surface area contributed by atoms with Crippen molar-refractivity contribution < 1.29 is 28.7 Å². The zero-order valence-corrected chi connectivity index (χ0v) is 15.5. The molecule has 0 saturated heterocycles. The maximum Gasteiger partial charge on any atom is 0.322 e. The second-order valence-electron chi connectivity index (χ2n) is 5.99. The number of carbonyl (C=O) groups is 4. The van der Waals surface area contributed by atoms with E-state index in [-0.39, 0.29) is 6.42 Å². The van der Waals surface area contributed by atoms with Gasteiger partial charge in [-0.3, -0.25) is 19.2 Å². The molecule has 1 heterocycles. The Balaban J connectivity index is 1.97. The van der Waals surface area contributed by atoms with Crippen LogP contribution in [-0.2, 0) is 25.6 Å². The average molecular weight is 399 g/mol. The molecule has 1 aromatic carbocycles. The fourth-order valence-corrected chi connectivity index (χ4v) is 2.35. The molecule has 0 aliphatic heterocycles. The van der Waals surface area contributed by atoms with Crippen LogP contribution in [0.2, 0.25) is 0 Å². The number of rotatable bonds is 10. The summed E-state index contributed by atoms with van der Waals surface area (Å²) in [7, 11) is 0. The van der Waals surface area contributed by atoms with Crippen molar-refractivity contribution in [3.05, 3.63) is 66.1 Å². The number of furan rings is 1. The number of hydrogen-bond donors (Lipinski definition) is 4. The van der Waals surface area contributed by atoms with Crippen LogP contribution in [0, 0.1) is 0 Å². The molecule has 1 aromatic heterocycles. The topological polar surface area (TPSA) is 138 Å². The number of carboxylic acid groups (broad SMARTS) is 1. The van der Waals surface area contributed by atoms with Crippen molar-refractivity contribution in [2.24, 2.45) is 0 Å². The first-order chi connectivity index (χ1) is 13.9. The van der Waals surface area contributed by atoms with Gasteiger partial charge in [0.15, 0.2) is 0 Å². The summed E-state index contributed by atoms with van der Waals surface area (Å²) < 4.78 is 5.10. The molecule has 2 aromatic rings. The number of aliphatic carboxylic acids is 1. The first-order valence-corrected chi connectivity index (χ1v) is 8.76. The lowest BCUT2D eigenvalue weighted by molar-refractivity contribution is -0.137. The zero-order valence-electron chi connectivity index (χ0n) is 15.5. The molecule has 0 spiro atoms. The minimum atomic E-state index is -1.19. The van der Waals surface area contributed by atoms with Crippen molar-refractivity contribution in [1.82, 2.24) is 16.0 Å². The van der Waals surface area contributed by atoms with Gasteiger partial charge in [0.2, 0.25) is 17.7 Å². The molecular weight excluding hydrogens is 378 g/mol. The largest absolute Gasteiger partial charge is 0.480 e. The molecule has 4 N–H and O–H groups in total. The highest BCUT2D eigenvalue weighted by Gasteiger charge is 2.21. The van der Waals surface area contributed by atoms with Crippen LogP contribution in [0.25, 0.3) is 6.08 Å². The van der Waals surface area contributed by atoms with E-state index in [0.717, 1.165) is 5.56 Å². The molecule has 0 fully saturated rings. The molecule has 9 heteroatoms. The van der Waals surface area contributed by atoms with Crippen molar-refractivity contribution in [1.29, 1.82) is 0 Å². The second-order valence-corrected chi connectivity index (χ2v) is 5.99. The van der Waals surface area contributed by atoms with E-state index in [1.807, 2.05) is 30.3 Å². The van der Waals surface area contributed by atoms with Crippen molar-refractivity contribution in [2.75, 3.05) is 13.1 Å². The van der Waals surface area contributed by atoms with Gasteiger partial charge in [0.1, 0.15) is 18.3 Å². The third-order valence-corrected chi connectivity index (χ3v) is 3.72. The third-order valence-electron chi connectivity index (χ3n) is 3.72. The molecule has 152 valence electrons. The van der Waals surface area contributed by atoms with Crippen LogP contribution >= 0.6 is 0 Å². The Kier molecular flexibility index (Phi) is 8.18. The Bertz CT molecular complexity index is 862. The van der Waals surface area contributed by atoms with E-state index in [9.17, 15) is 19.2 Å². The zero-order chi connectivity index (χ0) is 21.1. The standard InChI is InChI=1S/C20H21N3O6/c24-17(9-8-15-7-4-10-29-15)23-16(11-14-5-2-1-3-6-14)20(28)22-12-18(25)21-13-19(26)27/h1-10,16H,11-13H2,(H,21,25)(H,22,28)(H,23,24)(H,26,27)/b9-8-/t16-/m0/s1. The highest BCUT2D eigenvalue weighted by Crippen LogP contribution is 2.05. The molecule has 0 aliphatic carbocycles. The lowest BCUT2D eigenvalue weighted by Gasteiger charge is -2.17. The van der Waals surface area contributed by atoms with Crippen LogP contribution in [0.5, 0.6) is 0 Å². The molecular formula is C20H21N3O6. The number of hydrogen-bond acceptors (Lipinski definition) is 5. The Labute approximate surface area is 166 Å². The Morgan fingerprint density at radius 2 is 1.76 bits per heavy atom. The Morgan fingerprint density at radius 3 is 2.41 bits per heavy atom. The van der Waals surface area contributed by atoms with Gasteiger partial charge >= 0.3 is 5.97 Å². The molecule has 1 atom stereocenters. The van der Waals surface area contributed by atoms with Crippen LogP contribution in [-0.4, -0.2) is 47.9 Å². The SMILES string of the molecule is O=C(O)CNC(=O)CNC(=O)[C@H](Cc1ccccc1)NC(=O)/C=C\c1ccco1. The maximum atomic E-state index is 12.5. The normalized spacial score (nSPS) is 11.6. The number of carboxylic acids is 1. The van der Waals surface area contributed by atoms with Crippen molar-refractivity contribution >= 4 is 29.8 Å². The van der Waals surface area contributed by atoms with Crippen molar-refractivity contribution in [2.45, 2.75) is 12.5 Å². The predicted octanol–water partition coefficient (Wildman–Crippen LogP) is 0.337. The fraction of sp³-hybridized carbons (Fsp3) is 0.200. The highest BCUT2D eigenvalue weighted by molar-refractivity contribution is 5.96. The summed E-state index contributed by atoms with van der Waals surface area (Å²) in [6.07, 6.45) is 4.39. The van der Waals surface area contributed by atoms with E-state index in [0.29, 0.717) is 5.76 Å². The number of amides is 3. The molecule has 2 rings (SSSR count). The van der Waals surface area contributed by atoms with E-state index in [4.69, 9.17) is 9.52 Å². The van der Waals surface area contributed by atoms with Gasteiger partial charge in [-0.1, -0.05) is 30.3 Å². The molecule has 3 amide bonds. The molecule has 0 radical (unpaired) electrons. The summed E-state index contributed by atoms with van der Waals surface area (Å²) >= 11 is 0. The highest BCUT2D eigenvalue weighted by atomic mass is 16.4. The lowest BCUT2D eigenvalue weighted by Crippen LogP contribution is -2.50. The number of carbonyl (C=O) groups excluding carboxylic acids is 3. The molecule has 0 bridgehead atoms. The average Bonchev–Trinajstić information content (AvgIpc) is 3.23. The summed E-state index contributed by atoms with van der Waals surface area (Å²) in [5.74, 6) is -2.43. The predicted molar refractivity (Wildman–Crippen MR) is 103 cm³/mol. The third kappa shape index (κ3) is 8.12. The molecule has 0 unspecified atom stereocenters. The van der Waals surface area contributed by atoms with Crippen molar-refractivity contribution in [3.8, 4) is 0 Å². The lowest BCUT2D eigenvalue weighted by atomic mass is 10.1. The van der Waals surface area contributed by atoms with Gasteiger partial charge < -0.3 is 25.5 Å². The number of benzene rings is 1. The van der Waals surface area contributed by atoms with Crippen LogP contribution in [0.15, 0.2) is 59.2 Å². The van der Waals surface area contributed by atoms with Gasteiger partial charge in [-0.05, 0) is 23.8 Å². The Hall–Kier alpha value is -3.88. The smallest absolute Gasteiger partial charge is 0.322 e. The van der Waals surface area contributed by atoms with Gasteiger partial charge in [-0.2, -0.15) is 0 Å². The summed E-state index contributed by atoms with van der Waals surface area (Å²) in [5.41, 5.74) is 0.818. The second kappa shape index (κ2) is 11.1. The van der Waals surface area contributed by atoms with Gasteiger partial charge in [0, 0.05) is 12.5 Å². The molecule has 29 heavy (non-hydrogen) atoms. The monoisotopic (exact) mass is 399 g/mol. The molecule has 0 aliphatic rings. The van der Waals surface area contributed by atoms with Gasteiger partial charge in [-0.15, -0.1) is 0 Å². The number of nitrogens with one attached hydrogen (secondary N) is 3. The van der Waals surface area contributed by atoms with Gasteiger partial charge in [-0.25, -0.2) is 0 Å². The van der Waals surface area contributed by atoms with E-state index in [1.54, 1.807) is 12.1 Å². The molecule has 9 nitrogen and oxygen atoms in total. The quantitative estimate of drug-likeness (QED) is 0.425. The first kappa shape index (κ1) is 21.4. The fourth-order valence-electron chi connectivity index (χ4n) is 2.35. The minimum absolute atomic E-state index is 0.212. The Morgan fingerprint density at radius 1 is 1.00 bits per heavy atom. The van der Waals surface area contributed by atoms with Crippen LogP contribution in [0.1, 0.15) is 11.3 Å². The van der Waals surface area contributed by atoms with Crippen LogP contribution in [0.3, 0.4) is 0 Å². The summed E-state index contributed by atoms with van der Waals surface area (Å²) in [6, 6.07) is 11.5. The van der Waals surface area contributed by atoms with Crippen molar-refractivity contribution in [3.63, 3.8) is 0 Å². The van der Waals surface area contributed by atoms with E-state index in [1.165, 1.54) is 18.4 Å². The van der Waals surface area contributed by atoms with Crippen LogP contribution in [0.4, 0.5) is 0 Å². The van der Waals surface area contributed by atoms with E-state index in [2.05, 4.69) is 16.0 Å². The maximum absolute atomic E-state index is 12.5. The summed E-state index contributed by atoms with van der Waals surface area (Å²) in [5, 5.41) is 15.7. The van der Waals surface area contributed by atoms with Gasteiger partial charge in [0.25, 0.3) is 0 Å². The summed E-state index contributed by atoms with van der Waals surface area (Å²) in [4.78, 5) is 46.7. The minimum Gasteiger partial charge on any atom is -0.480 e. The first-order valence-electron chi connectivity index (χ1n) is 8.76. The summed E-state index contributed by atoms with van der Waals surface area (Å²) in [6.45, 7) is -0.952. The van der Waals surface area contributed by atoms with Crippen LogP contribution < -0.4 is 16.0 Å². The van der Waals surface area contributed by atoms with E-state index >= 15 is 0 Å². The molecule has 0 saturated carbocycles.